The van der Waals surface area contributed by atoms with Gasteiger partial charge in [-0.05, 0) is 45.6 Å². The van der Waals surface area contributed by atoms with Gasteiger partial charge in [0.25, 0.3) is 5.56 Å². The Balaban J connectivity index is 1.60. The van der Waals surface area contributed by atoms with E-state index in [4.69, 9.17) is 0 Å². The number of hydrogen-bond donors (Lipinski definition) is 0. The number of nitrogens with zero attached hydrogens (tertiary/aromatic N) is 4. The first kappa shape index (κ1) is 18.4. The van der Waals surface area contributed by atoms with Gasteiger partial charge >= 0.3 is 0 Å². The highest BCUT2D eigenvalue weighted by Gasteiger charge is 2.26. The average molecular weight is 356 g/mol. The van der Waals surface area contributed by atoms with Gasteiger partial charge in [0.1, 0.15) is 5.82 Å². The Morgan fingerprint density at radius 3 is 2.81 bits per heavy atom. The SMILES string of the molecule is Cc1nccn1CCC1CCCCN1C(=O)CCn1c(C)cccc1=O. The molecule has 140 valence electrons. The van der Waals surface area contributed by atoms with Crippen molar-refractivity contribution in [2.45, 2.75) is 65.1 Å². The Kier molecular flexibility index (Phi) is 5.91. The quantitative estimate of drug-likeness (QED) is 0.799. The molecule has 0 bridgehead atoms. The summed E-state index contributed by atoms with van der Waals surface area (Å²) >= 11 is 0. The number of hydrogen-bond acceptors (Lipinski definition) is 3. The van der Waals surface area contributed by atoms with Gasteiger partial charge in [0.2, 0.25) is 5.91 Å². The maximum absolute atomic E-state index is 12.8. The van der Waals surface area contributed by atoms with Crippen LogP contribution in [0.25, 0.3) is 0 Å². The number of carbonyl (C=O) groups is 1. The second-order valence-corrected chi connectivity index (χ2v) is 7.10. The lowest BCUT2D eigenvalue weighted by molar-refractivity contribution is -0.135. The van der Waals surface area contributed by atoms with Crippen LogP contribution in [-0.4, -0.2) is 37.5 Å². The summed E-state index contributed by atoms with van der Waals surface area (Å²) in [7, 11) is 0. The first-order valence-corrected chi connectivity index (χ1v) is 9.50. The van der Waals surface area contributed by atoms with Crippen LogP contribution in [0.15, 0.2) is 35.4 Å². The average Bonchev–Trinajstić information content (AvgIpc) is 3.04. The maximum Gasteiger partial charge on any atom is 0.250 e. The second-order valence-electron chi connectivity index (χ2n) is 7.10. The molecule has 1 unspecified atom stereocenters. The predicted octanol–water partition coefficient (Wildman–Crippen LogP) is 2.52. The molecule has 2 aromatic heterocycles. The molecular formula is C20H28N4O2. The molecule has 26 heavy (non-hydrogen) atoms. The zero-order valence-electron chi connectivity index (χ0n) is 15.7. The third-order valence-corrected chi connectivity index (χ3v) is 5.39. The summed E-state index contributed by atoms with van der Waals surface area (Å²) in [5.41, 5.74) is 0.861. The lowest BCUT2D eigenvalue weighted by atomic mass is 9.98. The van der Waals surface area contributed by atoms with E-state index in [1.807, 2.05) is 37.2 Å². The fraction of sp³-hybridized carbons (Fsp3) is 0.550. The van der Waals surface area contributed by atoms with E-state index in [-0.39, 0.29) is 17.5 Å². The third-order valence-electron chi connectivity index (χ3n) is 5.39. The van der Waals surface area contributed by atoms with Crippen LogP contribution in [0.1, 0.15) is 43.6 Å². The normalized spacial score (nSPS) is 17.5. The maximum atomic E-state index is 12.8. The summed E-state index contributed by atoms with van der Waals surface area (Å²) in [6.07, 6.45) is 8.45. The van der Waals surface area contributed by atoms with E-state index < -0.39 is 0 Å². The van der Waals surface area contributed by atoms with Crippen molar-refractivity contribution in [2.24, 2.45) is 0 Å². The van der Waals surface area contributed by atoms with Crippen molar-refractivity contribution in [3.05, 3.63) is 52.5 Å². The molecule has 0 N–H and O–H groups in total. The van der Waals surface area contributed by atoms with Crippen molar-refractivity contribution < 1.29 is 4.79 Å². The molecule has 1 atom stereocenters. The van der Waals surface area contributed by atoms with Crippen molar-refractivity contribution in [1.29, 1.82) is 0 Å². The summed E-state index contributed by atoms with van der Waals surface area (Å²) in [5, 5.41) is 0. The van der Waals surface area contributed by atoms with Crippen molar-refractivity contribution in [3.63, 3.8) is 0 Å². The molecule has 1 aliphatic heterocycles. The molecular weight excluding hydrogens is 328 g/mol. The molecule has 3 heterocycles. The van der Waals surface area contributed by atoms with Crippen LogP contribution in [0.4, 0.5) is 0 Å². The van der Waals surface area contributed by atoms with Crippen LogP contribution in [0, 0.1) is 13.8 Å². The number of piperidine rings is 1. The number of aromatic nitrogens is 3. The van der Waals surface area contributed by atoms with Crippen molar-refractivity contribution in [3.8, 4) is 0 Å². The lowest BCUT2D eigenvalue weighted by Gasteiger charge is -2.36. The van der Waals surface area contributed by atoms with Gasteiger partial charge in [0.05, 0.1) is 0 Å². The Bertz CT molecular complexity index is 808. The Morgan fingerprint density at radius 2 is 2.08 bits per heavy atom. The summed E-state index contributed by atoms with van der Waals surface area (Å²) in [5.74, 6) is 1.17. The topological polar surface area (TPSA) is 60.1 Å². The van der Waals surface area contributed by atoms with Gasteiger partial charge in [-0.15, -0.1) is 0 Å². The third kappa shape index (κ3) is 4.23. The van der Waals surface area contributed by atoms with Crippen molar-refractivity contribution in [2.75, 3.05) is 6.54 Å². The number of rotatable bonds is 6. The van der Waals surface area contributed by atoms with E-state index in [0.717, 1.165) is 43.9 Å². The molecule has 1 amide bonds. The predicted molar refractivity (Wildman–Crippen MR) is 101 cm³/mol. The van der Waals surface area contributed by atoms with Crippen LogP contribution >= 0.6 is 0 Å². The Labute approximate surface area is 154 Å². The van der Waals surface area contributed by atoms with Gasteiger partial charge < -0.3 is 14.0 Å². The number of likely N-dealkylation sites (tertiary alicyclic amines) is 1. The number of aryl methyl sites for hydroxylation is 3. The molecule has 0 spiro atoms. The molecule has 2 aromatic rings. The van der Waals surface area contributed by atoms with Crippen molar-refractivity contribution in [1.82, 2.24) is 19.0 Å². The van der Waals surface area contributed by atoms with Gasteiger partial charge in [-0.25, -0.2) is 4.98 Å². The molecule has 6 heteroatoms. The van der Waals surface area contributed by atoms with E-state index in [1.165, 1.54) is 6.42 Å². The van der Waals surface area contributed by atoms with E-state index >= 15 is 0 Å². The first-order valence-electron chi connectivity index (χ1n) is 9.50. The van der Waals surface area contributed by atoms with Crippen LogP contribution < -0.4 is 5.56 Å². The summed E-state index contributed by atoms with van der Waals surface area (Å²) < 4.78 is 3.83. The number of amides is 1. The molecule has 1 aliphatic rings. The summed E-state index contributed by atoms with van der Waals surface area (Å²) in [4.78, 5) is 31.1. The van der Waals surface area contributed by atoms with Gasteiger partial charge in [-0.1, -0.05) is 6.07 Å². The minimum atomic E-state index is -0.0384. The van der Waals surface area contributed by atoms with Crippen LogP contribution in [0.3, 0.4) is 0 Å². The van der Waals surface area contributed by atoms with Gasteiger partial charge in [-0.2, -0.15) is 0 Å². The number of imidazole rings is 1. The van der Waals surface area contributed by atoms with Crippen LogP contribution in [-0.2, 0) is 17.9 Å². The number of pyridine rings is 1. The van der Waals surface area contributed by atoms with Gasteiger partial charge in [0, 0.05) is 56.3 Å². The highest BCUT2D eigenvalue weighted by Crippen LogP contribution is 2.21. The molecule has 1 saturated heterocycles. The molecule has 0 saturated carbocycles. The zero-order valence-corrected chi connectivity index (χ0v) is 15.7. The first-order chi connectivity index (χ1) is 12.6. The molecule has 0 aliphatic carbocycles. The van der Waals surface area contributed by atoms with Crippen LogP contribution in [0.5, 0.6) is 0 Å². The van der Waals surface area contributed by atoms with Crippen molar-refractivity contribution >= 4 is 5.91 Å². The fourth-order valence-corrected chi connectivity index (χ4v) is 3.82. The van der Waals surface area contributed by atoms with Gasteiger partial charge in [0.15, 0.2) is 0 Å². The zero-order chi connectivity index (χ0) is 18.5. The summed E-state index contributed by atoms with van der Waals surface area (Å²) in [6.45, 7) is 6.08. The van der Waals surface area contributed by atoms with E-state index in [9.17, 15) is 9.59 Å². The molecule has 0 radical (unpaired) electrons. The minimum absolute atomic E-state index is 0.0384. The molecule has 0 aromatic carbocycles. The second kappa shape index (κ2) is 8.34. The van der Waals surface area contributed by atoms with E-state index in [0.29, 0.717) is 13.0 Å². The highest BCUT2D eigenvalue weighted by molar-refractivity contribution is 5.76. The summed E-state index contributed by atoms with van der Waals surface area (Å²) in [6, 6.07) is 5.50. The molecule has 3 rings (SSSR count). The highest BCUT2D eigenvalue weighted by atomic mass is 16.2. The van der Waals surface area contributed by atoms with Gasteiger partial charge in [-0.3, -0.25) is 9.59 Å². The fourth-order valence-electron chi connectivity index (χ4n) is 3.82. The minimum Gasteiger partial charge on any atom is -0.340 e. The van der Waals surface area contributed by atoms with Crippen LogP contribution in [0.2, 0.25) is 0 Å². The smallest absolute Gasteiger partial charge is 0.250 e. The monoisotopic (exact) mass is 356 g/mol. The molecule has 6 nitrogen and oxygen atoms in total. The Morgan fingerprint density at radius 1 is 1.23 bits per heavy atom. The Hall–Kier alpha value is -2.37. The van der Waals surface area contributed by atoms with E-state index in [2.05, 4.69) is 9.55 Å². The largest absolute Gasteiger partial charge is 0.340 e. The number of carbonyl (C=O) groups excluding carboxylic acids is 1. The van der Waals surface area contributed by atoms with E-state index in [1.54, 1.807) is 16.7 Å². The standard InChI is InChI=1S/C20H28N4O2/c1-16-6-5-8-19(25)23(16)14-10-20(26)24-12-4-3-7-18(24)9-13-22-15-11-21-17(22)2/h5-6,8,11,15,18H,3-4,7,9-10,12-14H2,1-2H3. The molecule has 1 fully saturated rings. The lowest BCUT2D eigenvalue weighted by Crippen LogP contribution is -2.44.